The SMILES string of the molecule is CS(C)(=O)=Nc1cccc(-c2cccc(O)c2)n1. The van der Waals surface area contributed by atoms with Crippen LogP contribution in [0.1, 0.15) is 0 Å². The number of benzene rings is 1. The molecule has 1 aromatic carbocycles. The molecule has 0 fully saturated rings. The lowest BCUT2D eigenvalue weighted by Crippen LogP contribution is -1.90. The van der Waals surface area contributed by atoms with E-state index in [1.54, 1.807) is 42.8 Å². The predicted molar refractivity (Wildman–Crippen MR) is 73.4 cm³/mol. The van der Waals surface area contributed by atoms with E-state index >= 15 is 0 Å². The van der Waals surface area contributed by atoms with Crippen molar-refractivity contribution in [3.8, 4) is 17.0 Å². The minimum Gasteiger partial charge on any atom is -0.508 e. The first-order valence-corrected chi connectivity index (χ1v) is 7.71. The van der Waals surface area contributed by atoms with Gasteiger partial charge in [0, 0.05) is 27.8 Å². The number of hydrogen-bond acceptors (Lipinski definition) is 4. The quantitative estimate of drug-likeness (QED) is 0.905. The Balaban J connectivity index is 2.48. The average Bonchev–Trinajstić information content (AvgIpc) is 2.27. The van der Waals surface area contributed by atoms with Crippen molar-refractivity contribution in [1.82, 2.24) is 4.98 Å². The van der Waals surface area contributed by atoms with Crippen LogP contribution in [0.2, 0.25) is 0 Å². The molecule has 1 N–H and O–H groups in total. The zero-order chi connectivity index (χ0) is 13.2. The van der Waals surface area contributed by atoms with Crippen molar-refractivity contribution in [1.29, 1.82) is 0 Å². The van der Waals surface area contributed by atoms with Crippen LogP contribution in [0.3, 0.4) is 0 Å². The van der Waals surface area contributed by atoms with E-state index in [0.29, 0.717) is 11.5 Å². The van der Waals surface area contributed by atoms with Gasteiger partial charge in [-0.25, -0.2) is 9.19 Å². The number of hydrogen-bond donors (Lipinski definition) is 1. The summed E-state index contributed by atoms with van der Waals surface area (Å²) < 4.78 is 15.7. The van der Waals surface area contributed by atoms with Crippen molar-refractivity contribution in [3.63, 3.8) is 0 Å². The van der Waals surface area contributed by atoms with Gasteiger partial charge in [-0.05, 0) is 24.3 Å². The molecule has 0 bridgehead atoms. The van der Waals surface area contributed by atoms with Crippen molar-refractivity contribution in [2.45, 2.75) is 0 Å². The molecule has 0 saturated carbocycles. The average molecular weight is 262 g/mol. The molecule has 2 rings (SSSR count). The first-order valence-electron chi connectivity index (χ1n) is 5.38. The Kier molecular flexibility index (Phi) is 3.34. The standard InChI is InChI=1S/C13H14N2O2S/c1-18(2,17)15-13-8-4-7-12(14-13)10-5-3-6-11(16)9-10/h3-9,16H,1-2H3. The van der Waals surface area contributed by atoms with E-state index in [4.69, 9.17) is 0 Å². The van der Waals surface area contributed by atoms with Gasteiger partial charge in [-0.2, -0.15) is 4.36 Å². The van der Waals surface area contributed by atoms with Crippen molar-refractivity contribution < 1.29 is 9.32 Å². The zero-order valence-electron chi connectivity index (χ0n) is 10.2. The van der Waals surface area contributed by atoms with Gasteiger partial charge in [0.1, 0.15) is 5.75 Å². The van der Waals surface area contributed by atoms with Crippen LogP contribution in [0.5, 0.6) is 5.75 Å². The van der Waals surface area contributed by atoms with Crippen molar-refractivity contribution in [2.75, 3.05) is 12.5 Å². The fraction of sp³-hybridized carbons (Fsp3) is 0.154. The van der Waals surface area contributed by atoms with Crippen molar-refractivity contribution >= 4 is 15.5 Å². The highest BCUT2D eigenvalue weighted by molar-refractivity contribution is 7.92. The third-order valence-electron chi connectivity index (χ3n) is 2.19. The summed E-state index contributed by atoms with van der Waals surface area (Å²) in [5, 5.41) is 9.43. The van der Waals surface area contributed by atoms with Crippen molar-refractivity contribution in [2.24, 2.45) is 4.36 Å². The maximum Gasteiger partial charge on any atom is 0.162 e. The number of nitrogens with zero attached hydrogens (tertiary/aromatic N) is 2. The van der Waals surface area contributed by atoms with Crippen molar-refractivity contribution in [3.05, 3.63) is 42.5 Å². The summed E-state index contributed by atoms with van der Waals surface area (Å²) in [4.78, 5) is 4.31. The minimum absolute atomic E-state index is 0.187. The van der Waals surface area contributed by atoms with E-state index in [2.05, 4.69) is 9.35 Å². The van der Waals surface area contributed by atoms with Crippen LogP contribution in [-0.2, 0) is 9.73 Å². The summed E-state index contributed by atoms with van der Waals surface area (Å²) in [6.07, 6.45) is 3.13. The summed E-state index contributed by atoms with van der Waals surface area (Å²) in [5.41, 5.74) is 1.49. The first-order chi connectivity index (χ1) is 8.44. The number of pyridine rings is 1. The lowest BCUT2D eigenvalue weighted by molar-refractivity contribution is 0.475. The van der Waals surface area contributed by atoms with Gasteiger partial charge in [-0.15, -0.1) is 0 Å². The highest BCUT2D eigenvalue weighted by atomic mass is 32.2. The van der Waals surface area contributed by atoms with E-state index in [0.717, 1.165) is 5.56 Å². The number of rotatable bonds is 2. The molecule has 1 heterocycles. The number of aromatic nitrogens is 1. The highest BCUT2D eigenvalue weighted by Gasteiger charge is 2.02. The van der Waals surface area contributed by atoms with Crippen LogP contribution in [0.4, 0.5) is 5.82 Å². The molecule has 0 spiro atoms. The first kappa shape index (κ1) is 12.6. The molecular weight excluding hydrogens is 248 g/mol. The van der Waals surface area contributed by atoms with Gasteiger partial charge in [-0.3, -0.25) is 0 Å². The smallest absolute Gasteiger partial charge is 0.162 e. The Morgan fingerprint density at radius 1 is 1.17 bits per heavy atom. The lowest BCUT2D eigenvalue weighted by atomic mass is 10.1. The largest absolute Gasteiger partial charge is 0.508 e. The molecule has 2 aromatic rings. The summed E-state index contributed by atoms with van der Waals surface area (Å²) >= 11 is 0. The fourth-order valence-electron chi connectivity index (χ4n) is 1.53. The van der Waals surface area contributed by atoms with Gasteiger partial charge in [0.05, 0.1) is 5.69 Å². The second-order valence-electron chi connectivity index (χ2n) is 4.20. The maximum absolute atomic E-state index is 11.6. The Morgan fingerprint density at radius 3 is 2.56 bits per heavy atom. The molecule has 5 heteroatoms. The maximum atomic E-state index is 11.6. The molecule has 0 aliphatic heterocycles. The molecule has 18 heavy (non-hydrogen) atoms. The van der Waals surface area contributed by atoms with Gasteiger partial charge < -0.3 is 5.11 Å². The van der Waals surface area contributed by atoms with E-state index in [-0.39, 0.29) is 5.75 Å². The fourth-order valence-corrected chi connectivity index (χ4v) is 2.08. The molecule has 0 atom stereocenters. The van der Waals surface area contributed by atoms with Gasteiger partial charge in [0.2, 0.25) is 0 Å². The van der Waals surface area contributed by atoms with Crippen LogP contribution >= 0.6 is 0 Å². The van der Waals surface area contributed by atoms with Crippen LogP contribution in [-0.4, -0.2) is 26.8 Å². The number of phenols is 1. The van der Waals surface area contributed by atoms with Gasteiger partial charge in [0.25, 0.3) is 0 Å². The zero-order valence-corrected chi connectivity index (χ0v) is 11.0. The van der Waals surface area contributed by atoms with E-state index < -0.39 is 9.73 Å². The predicted octanol–water partition coefficient (Wildman–Crippen LogP) is 2.81. The van der Waals surface area contributed by atoms with Crippen LogP contribution in [0, 0.1) is 0 Å². The Bertz CT molecular complexity index is 681. The number of phenolic OH excluding ortho intramolecular Hbond substituents is 1. The Labute approximate surface area is 107 Å². The summed E-state index contributed by atoms with van der Waals surface area (Å²) in [5.74, 6) is 0.622. The lowest BCUT2D eigenvalue weighted by Gasteiger charge is -2.03. The molecule has 0 radical (unpaired) electrons. The van der Waals surface area contributed by atoms with Crippen LogP contribution in [0.25, 0.3) is 11.3 Å². The third kappa shape index (κ3) is 3.30. The minimum atomic E-state index is -2.22. The number of aromatic hydroxyl groups is 1. The molecule has 0 aliphatic carbocycles. The topological polar surface area (TPSA) is 62.5 Å². The molecule has 0 aliphatic rings. The Hall–Kier alpha value is -1.88. The molecule has 4 nitrogen and oxygen atoms in total. The summed E-state index contributed by atoms with van der Waals surface area (Å²) in [7, 11) is -2.22. The molecule has 0 amide bonds. The monoisotopic (exact) mass is 262 g/mol. The van der Waals surface area contributed by atoms with Crippen LogP contribution < -0.4 is 0 Å². The van der Waals surface area contributed by atoms with E-state index in [1.165, 1.54) is 0 Å². The second-order valence-corrected chi connectivity index (χ2v) is 6.75. The molecule has 0 saturated heterocycles. The molecule has 94 valence electrons. The molecular formula is C13H14N2O2S. The molecule has 1 aromatic heterocycles. The van der Waals surface area contributed by atoms with E-state index in [9.17, 15) is 9.32 Å². The summed E-state index contributed by atoms with van der Waals surface area (Å²) in [6.45, 7) is 0. The third-order valence-corrected chi connectivity index (χ3v) is 2.82. The summed E-state index contributed by atoms with van der Waals surface area (Å²) in [6, 6.07) is 12.2. The van der Waals surface area contributed by atoms with Crippen LogP contribution in [0.15, 0.2) is 46.8 Å². The van der Waals surface area contributed by atoms with E-state index in [1.807, 2.05) is 12.1 Å². The second kappa shape index (κ2) is 4.78. The molecule has 0 unspecified atom stereocenters. The van der Waals surface area contributed by atoms with Gasteiger partial charge >= 0.3 is 0 Å². The Morgan fingerprint density at radius 2 is 1.89 bits per heavy atom. The highest BCUT2D eigenvalue weighted by Crippen LogP contribution is 2.23. The van der Waals surface area contributed by atoms with Gasteiger partial charge in [0.15, 0.2) is 5.82 Å². The normalized spacial score (nSPS) is 11.2. The van der Waals surface area contributed by atoms with Gasteiger partial charge in [-0.1, -0.05) is 18.2 Å².